The molecule has 4 aliphatic rings. The number of aryl methyl sites for hydroxylation is 4. The fourth-order valence-corrected chi connectivity index (χ4v) is 17.6. The van der Waals surface area contributed by atoms with Crippen LogP contribution in [0.25, 0.3) is 55.6 Å². The second-order valence-electron chi connectivity index (χ2n) is 29.0. The van der Waals surface area contributed by atoms with Crippen LogP contribution in [0.4, 0.5) is 51.7 Å². The van der Waals surface area contributed by atoms with Gasteiger partial charge in [0.05, 0.1) is 10.8 Å². The van der Waals surface area contributed by atoms with Crippen molar-refractivity contribution in [2.45, 2.75) is 36.5 Å². The van der Waals surface area contributed by atoms with Crippen LogP contribution in [0.2, 0.25) is 0 Å². The van der Waals surface area contributed by atoms with E-state index in [1.807, 2.05) is 121 Å². The summed E-state index contributed by atoms with van der Waals surface area (Å²) in [4.78, 5) is 3.33. The van der Waals surface area contributed by atoms with E-state index >= 15 is 17.6 Å². The van der Waals surface area contributed by atoms with E-state index in [0.717, 1.165) is 137 Å². The van der Waals surface area contributed by atoms with Crippen LogP contribution < -0.4 is 19.3 Å². The van der Waals surface area contributed by atoms with Gasteiger partial charge in [-0.25, -0.2) is 17.6 Å². The molecule has 2 atom stereocenters. The molecule has 0 heterocycles. The number of nitrogens with zero attached hydrogens (tertiary/aromatic N) is 2. The van der Waals surface area contributed by atoms with Gasteiger partial charge in [0.2, 0.25) is 0 Å². The molecule has 16 aromatic carbocycles. The maximum absolute atomic E-state index is 17.0. The van der Waals surface area contributed by atoms with E-state index in [-0.39, 0.29) is 11.4 Å². The Morgan fingerprint density at radius 3 is 0.855 bits per heavy atom. The summed E-state index contributed by atoms with van der Waals surface area (Å²) >= 11 is 0. The van der Waals surface area contributed by atoms with E-state index in [0.29, 0.717) is 34.2 Å². The second kappa shape index (κ2) is 26.7. The van der Waals surface area contributed by atoms with Crippen molar-refractivity contribution in [1.82, 2.24) is 0 Å². The van der Waals surface area contributed by atoms with Crippen molar-refractivity contribution in [3.8, 4) is 78.6 Å². The fourth-order valence-electron chi connectivity index (χ4n) is 17.6. The van der Waals surface area contributed by atoms with Crippen LogP contribution in [0, 0.1) is 23.3 Å². The van der Waals surface area contributed by atoms with Crippen LogP contribution in [0.15, 0.2) is 364 Å². The molecular formula is C102H68F4N2O2. The highest BCUT2D eigenvalue weighted by Gasteiger charge is 2.49. The number of rotatable bonds is 17. The van der Waals surface area contributed by atoms with Gasteiger partial charge in [-0.3, -0.25) is 0 Å². The van der Waals surface area contributed by atoms with Crippen LogP contribution in [-0.4, -0.2) is 0 Å². The first-order valence-corrected chi connectivity index (χ1v) is 37.4. The van der Waals surface area contributed by atoms with Crippen molar-refractivity contribution in [3.05, 3.63) is 454 Å². The quantitative estimate of drug-likeness (QED) is 0.0849. The van der Waals surface area contributed by atoms with Gasteiger partial charge in [-0.05, 0) is 282 Å². The largest absolute Gasteiger partial charge is 0.457 e. The number of para-hydroxylation sites is 2. The van der Waals surface area contributed by atoms with Crippen LogP contribution >= 0.6 is 0 Å². The summed E-state index contributed by atoms with van der Waals surface area (Å²) in [6, 6.07) is 120. The Bertz CT molecular complexity index is 5830. The van der Waals surface area contributed by atoms with Gasteiger partial charge in [0.15, 0.2) is 0 Å². The molecule has 110 heavy (non-hydrogen) atoms. The van der Waals surface area contributed by atoms with Crippen LogP contribution in [0.5, 0.6) is 23.0 Å². The van der Waals surface area contributed by atoms with E-state index in [9.17, 15) is 0 Å². The average molecular weight is 1430 g/mol. The molecule has 0 amide bonds. The standard InChI is InChI=1S/C102H68F4N2O2/c103-95-23-13-24-96(104)99(95)107(81-47-57-89-87-55-37-73(65-15-5-1-6-16-65)61-91(87)101(93(89)63-81,75-19-9-3-10-20-75)77-39-51-83(52-40-77)109-85-49-35-69-27-29-71(69)59-85)79-43-31-67(32-44-79)68-33-45-80(46-34-68)108(100-97(105)25-14-26-98(100)106)82-48-58-90-88-56-38-74(66-17-7-2-8-18-66)62-92(88)102(94(90)64-82,76-21-11-4-12-22-76)78-41-53-84(54-42-78)110-86-50-36-70-28-30-72(70)60-86/h1-26,31-64H,27-30H2. The lowest BCUT2D eigenvalue weighted by Gasteiger charge is -2.35. The SMILES string of the molecule is Fc1cccc(F)c1N(c1ccc(-c2ccc(N(c3ccc4c(c3)C(c3ccccc3)(c3ccc(Oc5ccc6c(c5)CC6)cc3)c3cc(-c5ccccc5)ccc3-4)c3c(F)cccc3F)cc2)cc1)c1ccc2c(c1)C(c1ccccc1)(c1ccc(Oc3ccc4c(c3)CC4)cc1)c1cc(-c3ccccc3)ccc1-2. The number of halogens is 4. The number of fused-ring (bicyclic) bond motifs is 8. The lowest BCUT2D eigenvalue weighted by Crippen LogP contribution is -2.29. The fraction of sp³-hybridized carbons (Fsp3) is 0.0588. The zero-order valence-corrected chi connectivity index (χ0v) is 59.7. The number of hydrogen-bond acceptors (Lipinski definition) is 4. The molecule has 16 aromatic rings. The summed E-state index contributed by atoms with van der Waals surface area (Å²) in [5.74, 6) is 0.0441. The van der Waals surface area contributed by atoms with Gasteiger partial charge in [-0.1, -0.05) is 231 Å². The minimum absolute atomic E-state index is 0.235. The minimum Gasteiger partial charge on any atom is -0.457 e. The molecule has 0 radical (unpaired) electrons. The molecule has 0 aliphatic heterocycles. The van der Waals surface area contributed by atoms with E-state index in [2.05, 4.69) is 206 Å². The van der Waals surface area contributed by atoms with Gasteiger partial charge in [0, 0.05) is 22.7 Å². The molecular weight excluding hydrogens is 1360 g/mol. The van der Waals surface area contributed by atoms with Gasteiger partial charge in [-0.2, -0.15) is 0 Å². The normalized spacial score (nSPS) is 15.2. The molecule has 0 spiro atoms. The molecule has 2 unspecified atom stereocenters. The van der Waals surface area contributed by atoms with Crippen LogP contribution in [0.1, 0.15) is 66.8 Å². The van der Waals surface area contributed by atoms with Crippen LogP contribution in [0.3, 0.4) is 0 Å². The summed E-state index contributed by atoms with van der Waals surface area (Å²) in [5.41, 5.74) is 23.0. The Labute approximate surface area is 636 Å². The summed E-state index contributed by atoms with van der Waals surface area (Å²) in [6.07, 6.45) is 4.25. The first kappa shape index (κ1) is 65.9. The number of anilines is 6. The zero-order chi connectivity index (χ0) is 73.6. The molecule has 0 saturated heterocycles. The Morgan fingerprint density at radius 1 is 0.218 bits per heavy atom. The third-order valence-corrected chi connectivity index (χ3v) is 23.0. The minimum atomic E-state index is -0.942. The Kier molecular flexibility index (Phi) is 16.0. The van der Waals surface area contributed by atoms with E-state index < -0.39 is 34.1 Å². The van der Waals surface area contributed by atoms with Crippen LogP contribution in [-0.2, 0) is 36.5 Å². The van der Waals surface area contributed by atoms with Gasteiger partial charge in [-0.15, -0.1) is 0 Å². The predicted octanol–water partition coefficient (Wildman–Crippen LogP) is 26.7. The molecule has 0 fully saturated rings. The highest BCUT2D eigenvalue weighted by Crippen LogP contribution is 2.61. The molecule has 8 heteroatoms. The average Bonchev–Trinajstić information content (AvgIpc) is 1.53. The molecule has 4 aliphatic carbocycles. The predicted molar refractivity (Wildman–Crippen MR) is 434 cm³/mol. The maximum atomic E-state index is 17.0. The summed E-state index contributed by atoms with van der Waals surface area (Å²) in [6.45, 7) is 0. The van der Waals surface area contributed by atoms with Gasteiger partial charge in [0.25, 0.3) is 0 Å². The van der Waals surface area contributed by atoms with Gasteiger partial charge >= 0.3 is 0 Å². The first-order chi connectivity index (χ1) is 54.1. The summed E-state index contributed by atoms with van der Waals surface area (Å²) in [5, 5.41) is 0. The Balaban J connectivity index is 0.688. The highest BCUT2D eigenvalue weighted by atomic mass is 19.1. The van der Waals surface area contributed by atoms with Gasteiger partial charge in [0.1, 0.15) is 57.6 Å². The van der Waals surface area contributed by atoms with E-state index in [1.165, 1.54) is 58.7 Å². The first-order valence-electron chi connectivity index (χ1n) is 37.4. The topological polar surface area (TPSA) is 24.9 Å². The van der Waals surface area contributed by atoms with Gasteiger partial charge < -0.3 is 19.3 Å². The molecule has 0 bridgehead atoms. The molecule has 0 saturated carbocycles. The molecule has 0 aromatic heterocycles. The molecule has 0 N–H and O–H groups in total. The zero-order valence-electron chi connectivity index (χ0n) is 59.7. The molecule has 526 valence electrons. The van der Waals surface area contributed by atoms with Crippen molar-refractivity contribution in [2.75, 3.05) is 9.80 Å². The lowest BCUT2D eigenvalue weighted by molar-refractivity contribution is 0.480. The smallest absolute Gasteiger partial charge is 0.150 e. The van der Waals surface area contributed by atoms with Crippen molar-refractivity contribution >= 4 is 34.1 Å². The third kappa shape index (κ3) is 10.9. The summed E-state index contributed by atoms with van der Waals surface area (Å²) < 4.78 is 81.0. The van der Waals surface area contributed by atoms with Crippen molar-refractivity contribution in [2.24, 2.45) is 0 Å². The van der Waals surface area contributed by atoms with Crippen molar-refractivity contribution < 1.29 is 27.0 Å². The number of hydrogen-bond donors (Lipinski definition) is 0. The van der Waals surface area contributed by atoms with Crippen molar-refractivity contribution in [1.29, 1.82) is 0 Å². The van der Waals surface area contributed by atoms with E-state index in [1.54, 1.807) is 9.80 Å². The van der Waals surface area contributed by atoms with E-state index in [4.69, 9.17) is 9.47 Å². The second-order valence-corrected chi connectivity index (χ2v) is 29.0. The highest BCUT2D eigenvalue weighted by molar-refractivity contribution is 5.94. The maximum Gasteiger partial charge on any atom is 0.150 e. The molecule has 4 nitrogen and oxygen atoms in total. The monoisotopic (exact) mass is 1430 g/mol. The summed E-state index contributed by atoms with van der Waals surface area (Å²) in [7, 11) is 0. The van der Waals surface area contributed by atoms with Crippen molar-refractivity contribution in [3.63, 3.8) is 0 Å². The Morgan fingerprint density at radius 2 is 0.509 bits per heavy atom. The molecule has 20 rings (SSSR count). The number of benzene rings is 16. The lowest BCUT2D eigenvalue weighted by atomic mass is 9.67. The number of ether oxygens (including phenoxy) is 2. The Hall–Kier alpha value is -13.6. The third-order valence-electron chi connectivity index (χ3n) is 23.0.